The van der Waals surface area contributed by atoms with Crippen molar-refractivity contribution in [3.8, 4) is 0 Å². The minimum absolute atomic E-state index is 0.00569. The van der Waals surface area contributed by atoms with Gasteiger partial charge >= 0.3 is 5.97 Å². The third-order valence-corrected chi connectivity index (χ3v) is 3.54. The smallest absolute Gasteiger partial charge is 0.305 e. The average molecular weight is 276 g/mol. The summed E-state index contributed by atoms with van der Waals surface area (Å²) in [5.74, 6) is -0.522. The zero-order valence-corrected chi connectivity index (χ0v) is 11.4. The van der Waals surface area contributed by atoms with E-state index in [1.54, 1.807) is 4.90 Å². The Morgan fingerprint density at radius 2 is 2.05 bits per heavy atom. The van der Waals surface area contributed by atoms with E-state index in [-0.39, 0.29) is 18.9 Å². The first-order valence-corrected chi connectivity index (χ1v) is 6.94. The van der Waals surface area contributed by atoms with Crippen LogP contribution in [0.2, 0.25) is 0 Å². The predicted octanol–water partition coefficient (Wildman–Crippen LogP) is 1.49. The number of carboxylic acid groups (broad SMARTS) is 1. The lowest BCUT2D eigenvalue weighted by Gasteiger charge is -2.23. The Kier molecular flexibility index (Phi) is 5.12. The van der Waals surface area contributed by atoms with Crippen LogP contribution in [0.4, 0.5) is 5.69 Å². The van der Waals surface area contributed by atoms with Gasteiger partial charge in [-0.1, -0.05) is 18.2 Å². The monoisotopic (exact) mass is 276 g/mol. The molecule has 1 fully saturated rings. The van der Waals surface area contributed by atoms with E-state index in [2.05, 4.69) is 5.32 Å². The summed E-state index contributed by atoms with van der Waals surface area (Å²) in [5, 5.41) is 12.1. The molecular formula is C15H20N2O3. The van der Waals surface area contributed by atoms with Crippen molar-refractivity contribution in [2.75, 3.05) is 24.5 Å². The molecule has 108 valence electrons. The second kappa shape index (κ2) is 7.05. The van der Waals surface area contributed by atoms with E-state index < -0.39 is 5.97 Å². The Bertz CT molecular complexity index is 455. The molecule has 1 heterocycles. The highest BCUT2D eigenvalue weighted by Crippen LogP contribution is 2.19. The number of nitrogens with one attached hydrogen (secondary N) is 1. The lowest BCUT2D eigenvalue weighted by Crippen LogP contribution is -2.34. The number of para-hydroxylation sites is 1. The van der Waals surface area contributed by atoms with Crippen molar-refractivity contribution in [3.05, 3.63) is 30.3 Å². The summed E-state index contributed by atoms with van der Waals surface area (Å²) in [5.41, 5.74) is 0.768. The number of anilines is 1. The molecule has 0 spiro atoms. The average Bonchev–Trinajstić information content (AvgIpc) is 2.92. The van der Waals surface area contributed by atoms with Gasteiger partial charge in [0, 0.05) is 18.7 Å². The quantitative estimate of drug-likeness (QED) is 0.826. The van der Waals surface area contributed by atoms with Gasteiger partial charge in [0.05, 0.1) is 6.42 Å². The number of hydrogen-bond donors (Lipinski definition) is 2. The Hall–Kier alpha value is -1.88. The Morgan fingerprint density at radius 3 is 2.65 bits per heavy atom. The van der Waals surface area contributed by atoms with Crippen molar-refractivity contribution in [3.63, 3.8) is 0 Å². The minimum Gasteiger partial charge on any atom is -0.481 e. The number of carboxylic acids is 1. The van der Waals surface area contributed by atoms with Crippen molar-refractivity contribution < 1.29 is 14.7 Å². The second-order valence-corrected chi connectivity index (χ2v) is 5.09. The second-order valence-electron chi connectivity index (χ2n) is 5.09. The number of hydrogen-bond acceptors (Lipinski definition) is 3. The van der Waals surface area contributed by atoms with Gasteiger partial charge in [-0.15, -0.1) is 0 Å². The summed E-state index contributed by atoms with van der Waals surface area (Å²) < 4.78 is 0. The lowest BCUT2D eigenvalue weighted by molar-refractivity contribution is -0.136. The Morgan fingerprint density at radius 1 is 1.30 bits per heavy atom. The molecule has 1 aliphatic heterocycles. The maximum absolute atomic E-state index is 12.4. The molecule has 1 aliphatic rings. The molecule has 20 heavy (non-hydrogen) atoms. The molecule has 0 aliphatic carbocycles. The van der Waals surface area contributed by atoms with Crippen LogP contribution in [-0.4, -0.2) is 36.6 Å². The van der Waals surface area contributed by atoms with E-state index in [1.807, 2.05) is 30.3 Å². The van der Waals surface area contributed by atoms with E-state index in [0.29, 0.717) is 12.3 Å². The van der Waals surface area contributed by atoms with Crippen molar-refractivity contribution in [1.82, 2.24) is 5.32 Å². The molecule has 1 aromatic rings. The molecule has 0 aromatic heterocycles. The molecule has 2 rings (SSSR count). The van der Waals surface area contributed by atoms with Crippen LogP contribution in [0.1, 0.15) is 19.3 Å². The van der Waals surface area contributed by atoms with Crippen LogP contribution in [0.5, 0.6) is 0 Å². The van der Waals surface area contributed by atoms with Gasteiger partial charge in [0.25, 0.3) is 0 Å². The van der Waals surface area contributed by atoms with Crippen LogP contribution in [0, 0.1) is 5.92 Å². The molecule has 5 nitrogen and oxygen atoms in total. The van der Waals surface area contributed by atoms with E-state index in [9.17, 15) is 9.59 Å². The van der Waals surface area contributed by atoms with Gasteiger partial charge in [-0.2, -0.15) is 0 Å². The molecule has 0 saturated carbocycles. The molecule has 1 aromatic carbocycles. The standard InChI is InChI=1S/C15H20N2O3/c18-14(10-12-6-8-16-11-12)17(9-7-15(19)20)13-4-2-1-3-5-13/h1-5,12,16H,6-11H2,(H,19,20). The minimum atomic E-state index is -0.888. The molecule has 0 bridgehead atoms. The highest BCUT2D eigenvalue weighted by Gasteiger charge is 2.23. The molecule has 2 N–H and O–H groups in total. The number of nitrogens with zero attached hydrogens (tertiary/aromatic N) is 1. The van der Waals surface area contributed by atoms with Crippen LogP contribution in [0.3, 0.4) is 0 Å². The van der Waals surface area contributed by atoms with Crippen LogP contribution >= 0.6 is 0 Å². The molecule has 5 heteroatoms. The van der Waals surface area contributed by atoms with Crippen LogP contribution in [0.25, 0.3) is 0 Å². The van der Waals surface area contributed by atoms with Crippen molar-refractivity contribution in [2.24, 2.45) is 5.92 Å². The molecule has 1 saturated heterocycles. The van der Waals surface area contributed by atoms with Crippen molar-refractivity contribution in [2.45, 2.75) is 19.3 Å². The first-order valence-electron chi connectivity index (χ1n) is 6.94. The fraction of sp³-hybridized carbons (Fsp3) is 0.467. The van der Waals surface area contributed by atoms with Crippen LogP contribution < -0.4 is 10.2 Å². The number of aliphatic carboxylic acids is 1. The SMILES string of the molecule is O=C(O)CCN(C(=O)CC1CCNC1)c1ccccc1. The van der Waals surface area contributed by atoms with Crippen LogP contribution in [0.15, 0.2) is 30.3 Å². The third-order valence-electron chi connectivity index (χ3n) is 3.54. The largest absolute Gasteiger partial charge is 0.481 e. The van der Waals surface area contributed by atoms with Gasteiger partial charge in [0.1, 0.15) is 0 Å². The summed E-state index contributed by atoms with van der Waals surface area (Å²) in [6.07, 6.45) is 1.44. The summed E-state index contributed by atoms with van der Waals surface area (Å²) in [7, 11) is 0. The van der Waals surface area contributed by atoms with E-state index in [0.717, 1.165) is 25.2 Å². The van der Waals surface area contributed by atoms with Crippen molar-refractivity contribution in [1.29, 1.82) is 0 Å². The third kappa shape index (κ3) is 4.06. The van der Waals surface area contributed by atoms with Gasteiger partial charge in [0.15, 0.2) is 0 Å². The molecule has 1 atom stereocenters. The topological polar surface area (TPSA) is 69.6 Å². The summed E-state index contributed by atoms with van der Waals surface area (Å²) in [6.45, 7) is 2.05. The van der Waals surface area contributed by atoms with Gasteiger partial charge in [-0.25, -0.2) is 0 Å². The highest BCUT2D eigenvalue weighted by molar-refractivity contribution is 5.94. The number of carbonyl (C=O) groups is 2. The first-order chi connectivity index (χ1) is 9.66. The van der Waals surface area contributed by atoms with Crippen LogP contribution in [-0.2, 0) is 9.59 Å². The number of amides is 1. The molecule has 1 amide bonds. The molecular weight excluding hydrogens is 256 g/mol. The van der Waals surface area contributed by atoms with E-state index in [4.69, 9.17) is 5.11 Å². The first kappa shape index (κ1) is 14.5. The summed E-state index contributed by atoms with van der Waals surface area (Å²) >= 11 is 0. The summed E-state index contributed by atoms with van der Waals surface area (Å²) in [4.78, 5) is 24.8. The maximum atomic E-state index is 12.4. The highest BCUT2D eigenvalue weighted by atomic mass is 16.4. The van der Waals surface area contributed by atoms with Crippen molar-refractivity contribution >= 4 is 17.6 Å². The maximum Gasteiger partial charge on any atom is 0.305 e. The fourth-order valence-electron chi connectivity index (χ4n) is 2.46. The Balaban J connectivity index is 2.04. The lowest BCUT2D eigenvalue weighted by atomic mass is 10.0. The fourth-order valence-corrected chi connectivity index (χ4v) is 2.46. The zero-order valence-electron chi connectivity index (χ0n) is 11.4. The normalized spacial score (nSPS) is 17.9. The number of carbonyl (C=O) groups excluding carboxylic acids is 1. The van der Waals surface area contributed by atoms with Gasteiger partial charge in [0.2, 0.25) is 5.91 Å². The van der Waals surface area contributed by atoms with Gasteiger partial charge < -0.3 is 15.3 Å². The van der Waals surface area contributed by atoms with E-state index in [1.165, 1.54) is 0 Å². The van der Waals surface area contributed by atoms with Gasteiger partial charge in [-0.3, -0.25) is 9.59 Å². The summed E-state index contributed by atoms with van der Waals surface area (Å²) in [6, 6.07) is 9.27. The zero-order chi connectivity index (χ0) is 14.4. The number of rotatable bonds is 6. The Labute approximate surface area is 118 Å². The molecule has 0 radical (unpaired) electrons. The van der Waals surface area contributed by atoms with Gasteiger partial charge in [-0.05, 0) is 37.6 Å². The molecule has 1 unspecified atom stereocenters. The predicted molar refractivity (Wildman–Crippen MR) is 76.6 cm³/mol. The van der Waals surface area contributed by atoms with E-state index >= 15 is 0 Å². The number of benzene rings is 1.